The highest BCUT2D eigenvalue weighted by molar-refractivity contribution is 7.89. The molecule has 0 amide bonds. The van der Waals surface area contributed by atoms with Crippen molar-refractivity contribution in [3.63, 3.8) is 0 Å². The Morgan fingerprint density at radius 3 is 2.63 bits per heavy atom. The second-order valence-electron chi connectivity index (χ2n) is 4.33. The number of sulfonamides is 1. The highest BCUT2D eigenvalue weighted by Crippen LogP contribution is 2.16. The Hall–Kier alpha value is -1.09. The van der Waals surface area contributed by atoms with Crippen LogP contribution in [0.2, 0.25) is 0 Å². The van der Waals surface area contributed by atoms with Crippen molar-refractivity contribution in [2.24, 2.45) is 0 Å². The zero-order valence-corrected chi connectivity index (χ0v) is 11.3. The molecular weight excluding hydrogens is 280 g/mol. The first-order chi connectivity index (χ1) is 8.68. The summed E-state index contributed by atoms with van der Waals surface area (Å²) in [5, 5.41) is 9.73. The van der Waals surface area contributed by atoms with Gasteiger partial charge in [-0.3, -0.25) is 0 Å². The van der Waals surface area contributed by atoms with Gasteiger partial charge in [-0.2, -0.15) is 0 Å². The molecule has 0 fully saturated rings. The zero-order chi connectivity index (χ0) is 14.7. The first-order valence-electron chi connectivity index (χ1n) is 5.34. The molecule has 19 heavy (non-hydrogen) atoms. The summed E-state index contributed by atoms with van der Waals surface area (Å²) < 4.78 is 56.6. The summed E-state index contributed by atoms with van der Waals surface area (Å²) in [6.07, 6.45) is 0. The van der Waals surface area contributed by atoms with Crippen molar-refractivity contribution in [1.29, 1.82) is 0 Å². The minimum absolute atomic E-state index is 0.110. The average Bonchev–Trinajstić information content (AvgIpc) is 2.30. The number of aliphatic hydroxyl groups is 1. The summed E-state index contributed by atoms with van der Waals surface area (Å²) in [5.74, 6) is -1.94. The SMILES string of the molecule is COC[C@](C)(O)CNS(=O)(=O)c1cc(F)ccc1F. The molecule has 0 aliphatic heterocycles. The standard InChI is InChI=1S/C11H15F2NO4S/c1-11(15,7-18-2)6-14-19(16,17)10-5-8(12)3-4-9(10)13/h3-5,14-15H,6-7H2,1-2H3/t11-/m1/s1. The number of hydrogen-bond donors (Lipinski definition) is 2. The van der Waals surface area contributed by atoms with Crippen LogP contribution in [0.25, 0.3) is 0 Å². The van der Waals surface area contributed by atoms with Gasteiger partial charge in [0.05, 0.1) is 12.2 Å². The molecule has 1 atom stereocenters. The van der Waals surface area contributed by atoms with Crippen molar-refractivity contribution >= 4 is 10.0 Å². The lowest BCUT2D eigenvalue weighted by molar-refractivity contribution is -0.0120. The normalized spacial score (nSPS) is 15.2. The van der Waals surface area contributed by atoms with Crippen LogP contribution in [0.15, 0.2) is 23.1 Å². The summed E-state index contributed by atoms with van der Waals surface area (Å²) in [5.41, 5.74) is -1.45. The number of benzene rings is 1. The van der Waals surface area contributed by atoms with E-state index < -0.39 is 32.2 Å². The third-order valence-electron chi connectivity index (χ3n) is 2.28. The van der Waals surface area contributed by atoms with Crippen LogP contribution in [-0.4, -0.2) is 39.4 Å². The van der Waals surface area contributed by atoms with Crippen LogP contribution in [0, 0.1) is 11.6 Å². The molecule has 5 nitrogen and oxygen atoms in total. The lowest BCUT2D eigenvalue weighted by Gasteiger charge is -2.22. The maximum Gasteiger partial charge on any atom is 0.243 e. The summed E-state index contributed by atoms with van der Waals surface area (Å²) in [6.45, 7) is 0.848. The van der Waals surface area contributed by atoms with E-state index in [4.69, 9.17) is 4.74 Å². The fraction of sp³-hybridized carbons (Fsp3) is 0.455. The molecule has 0 heterocycles. The van der Waals surface area contributed by atoms with Gasteiger partial charge in [-0.25, -0.2) is 21.9 Å². The molecule has 0 radical (unpaired) electrons. The van der Waals surface area contributed by atoms with Gasteiger partial charge in [0.1, 0.15) is 16.5 Å². The van der Waals surface area contributed by atoms with Gasteiger partial charge in [-0.1, -0.05) is 0 Å². The molecule has 0 bridgehead atoms. The number of rotatable bonds is 6. The Kier molecular flexibility index (Phi) is 4.97. The van der Waals surface area contributed by atoms with E-state index >= 15 is 0 Å². The molecule has 0 aliphatic rings. The largest absolute Gasteiger partial charge is 0.386 e. The molecule has 1 rings (SSSR count). The minimum atomic E-state index is -4.25. The van der Waals surface area contributed by atoms with Crippen molar-refractivity contribution in [1.82, 2.24) is 4.72 Å². The molecule has 0 unspecified atom stereocenters. The van der Waals surface area contributed by atoms with Gasteiger partial charge in [0.25, 0.3) is 0 Å². The second kappa shape index (κ2) is 5.91. The maximum atomic E-state index is 13.4. The predicted molar refractivity (Wildman–Crippen MR) is 64.0 cm³/mol. The van der Waals surface area contributed by atoms with E-state index in [1.807, 2.05) is 4.72 Å². The van der Waals surface area contributed by atoms with Crippen molar-refractivity contribution in [2.45, 2.75) is 17.4 Å². The van der Waals surface area contributed by atoms with E-state index in [1.54, 1.807) is 0 Å². The maximum absolute atomic E-state index is 13.4. The van der Waals surface area contributed by atoms with Crippen LogP contribution in [0.3, 0.4) is 0 Å². The molecular formula is C11H15F2NO4S. The van der Waals surface area contributed by atoms with Crippen molar-refractivity contribution in [2.75, 3.05) is 20.3 Å². The molecule has 1 aromatic rings. The van der Waals surface area contributed by atoms with Gasteiger partial charge < -0.3 is 9.84 Å². The second-order valence-corrected chi connectivity index (χ2v) is 6.06. The van der Waals surface area contributed by atoms with Gasteiger partial charge in [0, 0.05) is 13.7 Å². The summed E-state index contributed by atoms with van der Waals surface area (Å²) >= 11 is 0. The highest BCUT2D eigenvalue weighted by Gasteiger charge is 2.26. The van der Waals surface area contributed by atoms with Gasteiger partial charge in [0.15, 0.2) is 0 Å². The Morgan fingerprint density at radius 1 is 1.42 bits per heavy atom. The predicted octanol–water partition coefficient (Wildman–Crippen LogP) is 0.640. The molecule has 0 saturated carbocycles. The first-order valence-corrected chi connectivity index (χ1v) is 6.82. The smallest absolute Gasteiger partial charge is 0.243 e. The van der Waals surface area contributed by atoms with Gasteiger partial charge >= 0.3 is 0 Å². The lowest BCUT2D eigenvalue weighted by Crippen LogP contribution is -2.43. The van der Waals surface area contributed by atoms with Crippen LogP contribution in [0.1, 0.15) is 6.92 Å². The Labute approximate surface area is 110 Å². The third-order valence-corrected chi connectivity index (χ3v) is 3.70. The molecule has 108 valence electrons. The summed E-state index contributed by atoms with van der Waals surface area (Å²) in [4.78, 5) is -0.805. The molecule has 0 aromatic heterocycles. The van der Waals surface area contributed by atoms with Gasteiger partial charge in [-0.15, -0.1) is 0 Å². The average molecular weight is 295 g/mol. The Bertz CT molecular complexity index is 546. The highest BCUT2D eigenvalue weighted by atomic mass is 32.2. The van der Waals surface area contributed by atoms with Crippen molar-refractivity contribution < 1.29 is 27.0 Å². The summed E-state index contributed by atoms with van der Waals surface area (Å²) in [7, 11) is -2.90. The zero-order valence-electron chi connectivity index (χ0n) is 10.5. The van der Waals surface area contributed by atoms with Crippen LogP contribution in [-0.2, 0) is 14.8 Å². The van der Waals surface area contributed by atoms with E-state index in [0.29, 0.717) is 6.07 Å². The third kappa shape index (κ3) is 4.50. The van der Waals surface area contributed by atoms with Crippen LogP contribution < -0.4 is 4.72 Å². The topological polar surface area (TPSA) is 75.6 Å². The van der Waals surface area contributed by atoms with Gasteiger partial charge in [-0.05, 0) is 25.1 Å². The van der Waals surface area contributed by atoms with Crippen molar-refractivity contribution in [3.8, 4) is 0 Å². The fourth-order valence-corrected chi connectivity index (χ4v) is 2.62. The molecule has 2 N–H and O–H groups in total. The molecule has 0 aliphatic carbocycles. The van der Waals surface area contributed by atoms with E-state index in [0.717, 1.165) is 12.1 Å². The first kappa shape index (κ1) is 16.0. The van der Waals surface area contributed by atoms with Crippen LogP contribution in [0.4, 0.5) is 8.78 Å². The quantitative estimate of drug-likeness (QED) is 0.807. The lowest BCUT2D eigenvalue weighted by atomic mass is 10.1. The number of halogens is 2. The number of ether oxygens (including phenoxy) is 1. The van der Waals surface area contributed by atoms with E-state index in [9.17, 15) is 22.3 Å². The van der Waals surface area contributed by atoms with Crippen LogP contribution in [0.5, 0.6) is 0 Å². The molecule has 1 aromatic carbocycles. The van der Waals surface area contributed by atoms with Crippen molar-refractivity contribution in [3.05, 3.63) is 29.8 Å². The minimum Gasteiger partial charge on any atom is -0.386 e. The fourth-order valence-electron chi connectivity index (χ4n) is 1.37. The Morgan fingerprint density at radius 2 is 2.05 bits per heavy atom. The van der Waals surface area contributed by atoms with Gasteiger partial charge in [0.2, 0.25) is 10.0 Å². The monoisotopic (exact) mass is 295 g/mol. The summed E-state index contributed by atoms with van der Waals surface area (Å²) in [6, 6.07) is 2.11. The van der Waals surface area contributed by atoms with E-state index in [2.05, 4.69) is 0 Å². The molecule has 8 heteroatoms. The van der Waals surface area contributed by atoms with E-state index in [-0.39, 0.29) is 13.2 Å². The van der Waals surface area contributed by atoms with Crippen LogP contribution >= 0.6 is 0 Å². The number of nitrogens with one attached hydrogen (secondary N) is 1. The Balaban J connectivity index is 2.90. The molecule has 0 saturated heterocycles. The van der Waals surface area contributed by atoms with E-state index in [1.165, 1.54) is 14.0 Å². The molecule has 0 spiro atoms. The number of hydrogen-bond acceptors (Lipinski definition) is 4. The number of methoxy groups -OCH3 is 1.